The molecule has 0 aromatic carbocycles. The standard InChI is InChI=1S/C9H17NO3/c1-3-5-7(11)8(6-4-2)13-9(10)12/h8H,3-6H2,1-2H3,(H2,10,12). The third kappa shape index (κ3) is 5.22. The summed E-state index contributed by atoms with van der Waals surface area (Å²) in [4.78, 5) is 21.8. The SMILES string of the molecule is CCCC(=O)C(CCC)OC(N)=O. The summed E-state index contributed by atoms with van der Waals surface area (Å²) in [5, 5.41) is 0. The largest absolute Gasteiger partial charge is 0.438 e. The van der Waals surface area contributed by atoms with Crippen molar-refractivity contribution in [3.05, 3.63) is 0 Å². The summed E-state index contributed by atoms with van der Waals surface area (Å²) >= 11 is 0. The summed E-state index contributed by atoms with van der Waals surface area (Å²) in [6.45, 7) is 3.84. The molecule has 4 heteroatoms. The Bertz CT molecular complexity index is 180. The number of carbonyl (C=O) groups is 2. The van der Waals surface area contributed by atoms with Crippen LogP contribution in [0.15, 0.2) is 0 Å². The second-order valence-corrected chi connectivity index (χ2v) is 2.93. The highest BCUT2D eigenvalue weighted by Crippen LogP contribution is 2.07. The number of amides is 1. The van der Waals surface area contributed by atoms with Crippen molar-refractivity contribution in [2.75, 3.05) is 0 Å². The third-order valence-electron chi connectivity index (χ3n) is 1.66. The lowest BCUT2D eigenvalue weighted by Crippen LogP contribution is -2.29. The van der Waals surface area contributed by atoms with Gasteiger partial charge in [-0.3, -0.25) is 4.79 Å². The van der Waals surface area contributed by atoms with Gasteiger partial charge in [0.1, 0.15) is 0 Å². The van der Waals surface area contributed by atoms with Gasteiger partial charge in [0.2, 0.25) is 0 Å². The number of ketones is 1. The van der Waals surface area contributed by atoms with Gasteiger partial charge >= 0.3 is 6.09 Å². The van der Waals surface area contributed by atoms with E-state index in [4.69, 9.17) is 10.5 Å². The summed E-state index contributed by atoms with van der Waals surface area (Å²) in [7, 11) is 0. The zero-order chi connectivity index (χ0) is 10.3. The van der Waals surface area contributed by atoms with Crippen molar-refractivity contribution in [3.63, 3.8) is 0 Å². The smallest absolute Gasteiger partial charge is 0.405 e. The van der Waals surface area contributed by atoms with Gasteiger partial charge in [0.05, 0.1) is 0 Å². The minimum atomic E-state index is -0.872. The van der Waals surface area contributed by atoms with Gasteiger partial charge in [-0.25, -0.2) is 4.79 Å². The minimum absolute atomic E-state index is 0.0387. The second-order valence-electron chi connectivity index (χ2n) is 2.93. The Morgan fingerprint density at radius 2 is 1.92 bits per heavy atom. The summed E-state index contributed by atoms with van der Waals surface area (Å²) in [5.74, 6) is -0.0387. The molecule has 0 aliphatic carbocycles. The summed E-state index contributed by atoms with van der Waals surface area (Å²) < 4.78 is 4.69. The lowest BCUT2D eigenvalue weighted by atomic mass is 10.1. The average molecular weight is 187 g/mol. The highest BCUT2D eigenvalue weighted by atomic mass is 16.6. The maximum Gasteiger partial charge on any atom is 0.405 e. The fourth-order valence-corrected chi connectivity index (χ4v) is 1.10. The van der Waals surface area contributed by atoms with E-state index in [1.165, 1.54) is 0 Å². The molecule has 4 nitrogen and oxygen atoms in total. The Morgan fingerprint density at radius 3 is 2.31 bits per heavy atom. The topological polar surface area (TPSA) is 69.4 Å². The molecule has 0 aromatic rings. The quantitative estimate of drug-likeness (QED) is 0.686. The number of hydrogen-bond donors (Lipinski definition) is 1. The van der Waals surface area contributed by atoms with Gasteiger partial charge in [-0.05, 0) is 12.8 Å². The minimum Gasteiger partial charge on any atom is -0.438 e. The normalized spacial score (nSPS) is 12.2. The lowest BCUT2D eigenvalue weighted by molar-refractivity contribution is -0.127. The maximum absolute atomic E-state index is 11.3. The third-order valence-corrected chi connectivity index (χ3v) is 1.66. The van der Waals surface area contributed by atoms with E-state index < -0.39 is 12.2 Å². The van der Waals surface area contributed by atoms with Gasteiger partial charge in [0.15, 0.2) is 11.9 Å². The molecular formula is C9H17NO3. The van der Waals surface area contributed by atoms with Crippen LogP contribution in [0, 0.1) is 0 Å². The fourth-order valence-electron chi connectivity index (χ4n) is 1.10. The van der Waals surface area contributed by atoms with Crippen LogP contribution in [0.1, 0.15) is 39.5 Å². The van der Waals surface area contributed by atoms with Gasteiger partial charge in [0, 0.05) is 6.42 Å². The van der Waals surface area contributed by atoms with Crippen LogP contribution in [0.3, 0.4) is 0 Å². The predicted molar refractivity (Wildman–Crippen MR) is 49.3 cm³/mol. The molecule has 76 valence electrons. The van der Waals surface area contributed by atoms with Crippen molar-refractivity contribution >= 4 is 11.9 Å². The highest BCUT2D eigenvalue weighted by Gasteiger charge is 2.19. The van der Waals surface area contributed by atoms with Crippen molar-refractivity contribution in [1.82, 2.24) is 0 Å². The molecule has 1 unspecified atom stereocenters. The van der Waals surface area contributed by atoms with E-state index >= 15 is 0 Å². The van der Waals surface area contributed by atoms with Crippen LogP contribution in [-0.4, -0.2) is 18.0 Å². The van der Waals surface area contributed by atoms with Crippen molar-refractivity contribution in [2.24, 2.45) is 5.73 Å². The zero-order valence-corrected chi connectivity index (χ0v) is 8.21. The first-order valence-corrected chi connectivity index (χ1v) is 4.60. The summed E-state index contributed by atoms with van der Waals surface area (Å²) in [5.41, 5.74) is 4.84. The second kappa shape index (κ2) is 6.46. The lowest BCUT2D eigenvalue weighted by Gasteiger charge is -2.13. The van der Waals surface area contributed by atoms with Gasteiger partial charge < -0.3 is 10.5 Å². The van der Waals surface area contributed by atoms with Gasteiger partial charge in [0.25, 0.3) is 0 Å². The molecular weight excluding hydrogens is 170 g/mol. The Kier molecular flexibility index (Phi) is 5.93. The molecule has 0 bridgehead atoms. The molecule has 2 N–H and O–H groups in total. The van der Waals surface area contributed by atoms with Gasteiger partial charge in [-0.1, -0.05) is 20.3 Å². The molecule has 0 rings (SSSR count). The number of carbonyl (C=O) groups excluding carboxylic acids is 2. The molecule has 0 radical (unpaired) electrons. The molecule has 0 aromatic heterocycles. The van der Waals surface area contributed by atoms with Gasteiger partial charge in [-0.15, -0.1) is 0 Å². The number of ether oxygens (including phenoxy) is 1. The van der Waals surface area contributed by atoms with E-state index in [1.807, 2.05) is 13.8 Å². The van der Waals surface area contributed by atoms with E-state index in [9.17, 15) is 9.59 Å². The first kappa shape index (κ1) is 11.9. The Morgan fingerprint density at radius 1 is 1.31 bits per heavy atom. The molecule has 0 heterocycles. The van der Waals surface area contributed by atoms with E-state index in [0.29, 0.717) is 12.8 Å². The van der Waals surface area contributed by atoms with Crippen LogP contribution in [0.25, 0.3) is 0 Å². The van der Waals surface area contributed by atoms with Crippen LogP contribution in [0.2, 0.25) is 0 Å². The first-order valence-electron chi connectivity index (χ1n) is 4.60. The van der Waals surface area contributed by atoms with Crippen LogP contribution in [0.4, 0.5) is 4.79 Å². The van der Waals surface area contributed by atoms with Crippen molar-refractivity contribution in [2.45, 2.75) is 45.6 Å². The molecule has 1 atom stereocenters. The number of primary amides is 1. The van der Waals surface area contributed by atoms with Crippen LogP contribution >= 0.6 is 0 Å². The number of Topliss-reactive ketones (excluding diaryl/α,β-unsaturated/α-hetero) is 1. The first-order chi connectivity index (χ1) is 6.11. The fraction of sp³-hybridized carbons (Fsp3) is 0.778. The number of rotatable bonds is 6. The molecule has 0 saturated heterocycles. The molecule has 0 saturated carbocycles. The van der Waals surface area contributed by atoms with E-state index in [0.717, 1.165) is 12.8 Å². The highest BCUT2D eigenvalue weighted by molar-refractivity contribution is 5.85. The zero-order valence-electron chi connectivity index (χ0n) is 8.21. The van der Waals surface area contributed by atoms with Gasteiger partial charge in [-0.2, -0.15) is 0 Å². The monoisotopic (exact) mass is 187 g/mol. The van der Waals surface area contributed by atoms with Crippen molar-refractivity contribution < 1.29 is 14.3 Å². The molecule has 13 heavy (non-hydrogen) atoms. The van der Waals surface area contributed by atoms with E-state index in [-0.39, 0.29) is 5.78 Å². The van der Waals surface area contributed by atoms with Crippen molar-refractivity contribution in [1.29, 1.82) is 0 Å². The maximum atomic E-state index is 11.3. The average Bonchev–Trinajstić information content (AvgIpc) is 2.03. The van der Waals surface area contributed by atoms with Crippen LogP contribution in [0.5, 0.6) is 0 Å². The van der Waals surface area contributed by atoms with Crippen LogP contribution < -0.4 is 5.73 Å². The number of nitrogens with two attached hydrogens (primary N) is 1. The number of hydrogen-bond acceptors (Lipinski definition) is 3. The Labute approximate surface area is 78.4 Å². The van der Waals surface area contributed by atoms with Crippen LogP contribution in [-0.2, 0) is 9.53 Å². The predicted octanol–water partition coefficient (Wildman–Crippen LogP) is 1.62. The molecule has 0 aliphatic heterocycles. The molecule has 0 fully saturated rings. The Hall–Kier alpha value is -1.06. The molecule has 0 aliphatic rings. The molecule has 0 spiro atoms. The summed E-state index contributed by atoms with van der Waals surface area (Å²) in [6.07, 6.45) is 1.05. The summed E-state index contributed by atoms with van der Waals surface area (Å²) in [6, 6.07) is 0. The van der Waals surface area contributed by atoms with E-state index in [2.05, 4.69) is 0 Å². The van der Waals surface area contributed by atoms with E-state index in [1.54, 1.807) is 0 Å². The van der Waals surface area contributed by atoms with Crippen molar-refractivity contribution in [3.8, 4) is 0 Å². The Balaban J connectivity index is 4.06. The molecule has 1 amide bonds.